The molecule has 0 aliphatic carbocycles. The average molecular weight is 821 g/mol. The molecule has 2 fully saturated rings. The lowest BCUT2D eigenvalue weighted by molar-refractivity contribution is -0.143. The molecule has 60 heavy (non-hydrogen) atoms. The second kappa shape index (κ2) is 20.3. The van der Waals surface area contributed by atoms with Gasteiger partial charge in [0.15, 0.2) is 0 Å². The second-order valence-electron chi connectivity index (χ2n) is 15.8. The van der Waals surface area contributed by atoms with Crippen LogP contribution in [0.3, 0.4) is 0 Å². The van der Waals surface area contributed by atoms with Crippen LogP contribution in [-0.2, 0) is 41.6 Å². The summed E-state index contributed by atoms with van der Waals surface area (Å²) in [4.78, 5) is 90.9. The molecule has 2 saturated heterocycles. The van der Waals surface area contributed by atoms with Gasteiger partial charge in [0.1, 0.15) is 36.3 Å². The Morgan fingerprint density at radius 2 is 1.28 bits per heavy atom. The van der Waals surface area contributed by atoms with Gasteiger partial charge in [0, 0.05) is 42.4 Å². The van der Waals surface area contributed by atoms with Crippen molar-refractivity contribution >= 4 is 46.3 Å². The highest BCUT2D eigenvalue weighted by Gasteiger charge is 2.42. The maximum absolute atomic E-state index is 14.7. The smallest absolute Gasteiger partial charge is 0.246 e. The summed E-state index contributed by atoms with van der Waals surface area (Å²) in [6.45, 7) is 3.67. The first-order chi connectivity index (χ1) is 28.9. The minimum atomic E-state index is -1.53. The molecule has 15 nitrogen and oxygen atoms in total. The molecule has 0 bridgehead atoms. The average Bonchev–Trinajstić information content (AvgIpc) is 3.91. The molecule has 0 radical (unpaired) electrons. The van der Waals surface area contributed by atoms with Gasteiger partial charge in [-0.2, -0.15) is 0 Å². The van der Waals surface area contributed by atoms with Gasteiger partial charge in [-0.15, -0.1) is 0 Å². The molecular weight excluding hydrogens is 765 g/mol. The van der Waals surface area contributed by atoms with E-state index in [4.69, 9.17) is 5.73 Å². The Morgan fingerprint density at radius 1 is 0.683 bits per heavy atom. The maximum Gasteiger partial charge on any atom is 0.246 e. The first-order valence-corrected chi connectivity index (χ1v) is 20.8. The van der Waals surface area contributed by atoms with E-state index in [1.54, 1.807) is 13.1 Å². The molecule has 1 aromatic heterocycles. The van der Waals surface area contributed by atoms with Crippen LogP contribution in [0, 0.1) is 0 Å². The molecule has 3 aromatic carbocycles. The van der Waals surface area contributed by atoms with Crippen LogP contribution in [0.15, 0.2) is 91.1 Å². The molecule has 2 aliphatic heterocycles. The van der Waals surface area contributed by atoms with E-state index in [0.717, 1.165) is 27.6 Å². The van der Waals surface area contributed by atoms with Crippen LogP contribution in [0.5, 0.6) is 0 Å². The highest BCUT2D eigenvalue weighted by atomic mass is 16.3. The molecule has 15 heteroatoms. The zero-order valence-corrected chi connectivity index (χ0v) is 34.1. The molecule has 3 heterocycles. The number of nitrogens with two attached hydrogens (primary N) is 1. The van der Waals surface area contributed by atoms with Crippen LogP contribution in [0.1, 0.15) is 68.6 Å². The van der Waals surface area contributed by atoms with Crippen molar-refractivity contribution in [2.45, 2.75) is 107 Å². The lowest BCUT2D eigenvalue weighted by Crippen LogP contribution is -2.63. The molecule has 6 rings (SSSR count). The number of aliphatic hydroxyl groups excluding tert-OH is 1. The summed E-state index contributed by atoms with van der Waals surface area (Å²) < 4.78 is 0. The fourth-order valence-corrected chi connectivity index (χ4v) is 8.10. The number of unbranched alkanes of at least 4 members (excludes halogenated alkanes) is 1. The number of benzene rings is 3. The van der Waals surface area contributed by atoms with Gasteiger partial charge >= 0.3 is 0 Å². The van der Waals surface area contributed by atoms with Crippen LogP contribution in [0.4, 0.5) is 0 Å². The first-order valence-electron chi connectivity index (χ1n) is 20.8. The quantitative estimate of drug-likeness (QED) is 0.104. The standard InChI is InChI=1S/C45H56N8O7/c1-27(30-16-7-4-8-17-30)38-45(60)53-23-13-21-37(53)43(58)50-35(24-29-14-5-3-6-15-29)41(56)49-36(25-31-26-47-33-19-10-9-18-32(31)33)42(57)48-34(20-11-12-22-46)40(55)52-39(28(2)54)44(59)51-38/h3-10,14-19,26-28,34-39,47,54H,11-13,20-25,46H2,1-2H3,(H,48,57)(H,49,56)(H,50,58)(H,51,59)(H,52,55)/t27-,28-,34+,35+,36-,37+,38-,39+/m1/s1. The predicted octanol–water partition coefficient (Wildman–Crippen LogP) is 1.70. The Morgan fingerprint density at radius 3 is 1.98 bits per heavy atom. The summed E-state index contributed by atoms with van der Waals surface area (Å²) in [7, 11) is 0. The number of amides is 6. The number of carbonyl (C=O) groups is 6. The summed E-state index contributed by atoms with van der Waals surface area (Å²) in [5.74, 6) is -4.55. The minimum Gasteiger partial charge on any atom is -0.391 e. The van der Waals surface area contributed by atoms with Crippen LogP contribution >= 0.6 is 0 Å². The van der Waals surface area contributed by atoms with Crippen molar-refractivity contribution in [1.29, 1.82) is 0 Å². The van der Waals surface area contributed by atoms with E-state index in [1.807, 2.05) is 84.9 Å². The number of aromatic amines is 1. The van der Waals surface area contributed by atoms with Crippen molar-refractivity contribution in [3.63, 3.8) is 0 Å². The summed E-state index contributed by atoms with van der Waals surface area (Å²) in [6.07, 6.45) is 2.35. The fraction of sp³-hybridized carbons (Fsp3) is 0.422. The van der Waals surface area contributed by atoms with Gasteiger partial charge < -0.3 is 47.3 Å². The number of nitrogens with one attached hydrogen (secondary N) is 6. The molecule has 0 spiro atoms. The van der Waals surface area contributed by atoms with E-state index < -0.39 is 83.7 Å². The third-order valence-electron chi connectivity index (χ3n) is 11.5. The van der Waals surface area contributed by atoms with E-state index >= 15 is 0 Å². The number of nitrogens with zero attached hydrogens (tertiary/aromatic N) is 1. The zero-order chi connectivity index (χ0) is 42.8. The monoisotopic (exact) mass is 820 g/mol. The molecule has 9 N–H and O–H groups in total. The van der Waals surface area contributed by atoms with Crippen LogP contribution in [0.25, 0.3) is 10.9 Å². The number of hydrogen-bond donors (Lipinski definition) is 8. The Bertz CT molecular complexity index is 2130. The molecule has 6 amide bonds. The van der Waals surface area contributed by atoms with Gasteiger partial charge in [0.2, 0.25) is 35.4 Å². The van der Waals surface area contributed by atoms with Crippen LogP contribution < -0.4 is 32.3 Å². The Balaban J connectivity index is 1.41. The van der Waals surface area contributed by atoms with E-state index in [0.29, 0.717) is 32.2 Å². The van der Waals surface area contributed by atoms with Gasteiger partial charge in [0.25, 0.3) is 0 Å². The number of para-hydroxylation sites is 1. The van der Waals surface area contributed by atoms with Crippen molar-refractivity contribution in [2.75, 3.05) is 13.1 Å². The number of H-pyrrole nitrogens is 1. The lowest BCUT2D eigenvalue weighted by Gasteiger charge is -2.34. The first kappa shape index (κ1) is 43.5. The van der Waals surface area contributed by atoms with Gasteiger partial charge in [0.05, 0.1) is 6.10 Å². The van der Waals surface area contributed by atoms with Crippen molar-refractivity contribution < 1.29 is 33.9 Å². The summed E-state index contributed by atoms with van der Waals surface area (Å²) in [6, 6.07) is 18.5. The number of aromatic nitrogens is 1. The minimum absolute atomic E-state index is 0.0231. The van der Waals surface area contributed by atoms with Crippen molar-refractivity contribution in [3.8, 4) is 0 Å². The molecule has 4 aromatic rings. The van der Waals surface area contributed by atoms with E-state index in [9.17, 15) is 33.9 Å². The maximum atomic E-state index is 14.7. The van der Waals surface area contributed by atoms with Gasteiger partial charge in [-0.05, 0) is 68.3 Å². The van der Waals surface area contributed by atoms with Crippen molar-refractivity contribution in [1.82, 2.24) is 36.5 Å². The number of aliphatic hydroxyl groups is 1. The zero-order valence-electron chi connectivity index (χ0n) is 34.1. The summed E-state index contributed by atoms with van der Waals surface area (Å²) in [5.41, 5.74) is 8.82. The van der Waals surface area contributed by atoms with Gasteiger partial charge in [-0.1, -0.05) is 85.8 Å². The van der Waals surface area contributed by atoms with E-state index in [1.165, 1.54) is 11.8 Å². The predicted molar refractivity (Wildman–Crippen MR) is 226 cm³/mol. The van der Waals surface area contributed by atoms with Gasteiger partial charge in [-0.25, -0.2) is 0 Å². The van der Waals surface area contributed by atoms with Crippen molar-refractivity contribution in [3.05, 3.63) is 108 Å². The highest BCUT2D eigenvalue weighted by molar-refractivity contribution is 5.99. The highest BCUT2D eigenvalue weighted by Crippen LogP contribution is 2.26. The molecule has 0 saturated carbocycles. The Hall–Kier alpha value is -6.06. The third-order valence-corrected chi connectivity index (χ3v) is 11.5. The SMILES string of the molecule is C[C@H](c1ccccc1)[C@H]1NC(=O)[C@H]([C@@H](C)O)NC(=O)[C@H](CCCCN)NC(=O)[C@@H](Cc2c[nH]c3ccccc23)NC(=O)[C@H](Cc2ccccc2)NC(=O)[C@@H]2CCCN2C1=O. The van der Waals surface area contributed by atoms with Crippen LogP contribution in [0.2, 0.25) is 0 Å². The number of rotatable bonds is 11. The molecular formula is C45H56N8O7. The Kier molecular flexibility index (Phi) is 14.7. The summed E-state index contributed by atoms with van der Waals surface area (Å²) >= 11 is 0. The number of carbonyl (C=O) groups excluding carboxylic acids is 6. The normalized spacial score (nSPS) is 24.6. The third kappa shape index (κ3) is 10.6. The second-order valence-corrected chi connectivity index (χ2v) is 15.8. The number of fused-ring (bicyclic) bond motifs is 2. The topological polar surface area (TPSA) is 228 Å². The van der Waals surface area contributed by atoms with E-state index in [2.05, 4.69) is 31.6 Å². The molecule has 8 atom stereocenters. The largest absolute Gasteiger partial charge is 0.391 e. The molecule has 0 unspecified atom stereocenters. The van der Waals surface area contributed by atoms with E-state index in [-0.39, 0.29) is 25.8 Å². The molecule has 2 aliphatic rings. The summed E-state index contributed by atoms with van der Waals surface area (Å²) in [5, 5.41) is 25.8. The van der Waals surface area contributed by atoms with Gasteiger partial charge in [-0.3, -0.25) is 28.8 Å². The number of hydrogen-bond acceptors (Lipinski definition) is 8. The molecule has 318 valence electrons. The fourth-order valence-electron chi connectivity index (χ4n) is 8.10. The lowest BCUT2D eigenvalue weighted by atomic mass is 9.91. The van der Waals surface area contributed by atoms with Crippen LogP contribution in [-0.4, -0.2) is 106 Å². The Labute approximate surface area is 349 Å². The van der Waals surface area contributed by atoms with Crippen molar-refractivity contribution in [2.24, 2.45) is 5.73 Å².